The van der Waals surface area contributed by atoms with Gasteiger partial charge in [-0.1, -0.05) is 0 Å². The second-order valence-electron chi connectivity index (χ2n) is 4.33. The molecule has 1 unspecified atom stereocenters. The highest BCUT2D eigenvalue weighted by molar-refractivity contribution is 5.93. The molecule has 2 aromatic rings. The van der Waals surface area contributed by atoms with Crippen molar-refractivity contribution in [3.8, 4) is 5.88 Å². The maximum atomic E-state index is 12.0. The fraction of sp³-hybridized carbons (Fsp3) is 0.286. The summed E-state index contributed by atoms with van der Waals surface area (Å²) in [4.78, 5) is 15.6. The number of pyridine rings is 1. The van der Waals surface area contributed by atoms with E-state index < -0.39 is 25.0 Å². The first-order valence-electron chi connectivity index (χ1n) is 6.43. The van der Waals surface area contributed by atoms with Crippen LogP contribution < -0.4 is 10.1 Å². The van der Waals surface area contributed by atoms with Crippen LogP contribution in [0.3, 0.4) is 0 Å². The highest BCUT2D eigenvalue weighted by atomic mass is 19.3. The second-order valence-corrected chi connectivity index (χ2v) is 4.33. The number of aromatic nitrogens is 1. The first-order valence-corrected chi connectivity index (χ1v) is 6.43. The Morgan fingerprint density at radius 2 is 2.23 bits per heavy atom. The van der Waals surface area contributed by atoms with E-state index in [2.05, 4.69) is 10.3 Å². The monoisotopic (exact) mass is 312 g/mol. The average Bonchev–Trinajstić information content (AvgIpc) is 3.05. The number of hydrogen-bond donors (Lipinski definition) is 2. The first kappa shape index (κ1) is 15.9. The SMILES string of the molecule is O=C(NCC(O)c1ccco1)c1ccc(OCC(F)F)nc1. The zero-order chi connectivity index (χ0) is 15.9. The third-order valence-corrected chi connectivity index (χ3v) is 2.68. The van der Waals surface area contributed by atoms with E-state index in [1.54, 1.807) is 12.1 Å². The van der Waals surface area contributed by atoms with Crippen molar-refractivity contribution in [1.29, 1.82) is 0 Å². The largest absolute Gasteiger partial charge is 0.472 e. The highest BCUT2D eigenvalue weighted by Crippen LogP contribution is 2.12. The molecule has 0 aliphatic rings. The minimum Gasteiger partial charge on any atom is -0.472 e. The van der Waals surface area contributed by atoms with Crippen LogP contribution in [0.2, 0.25) is 0 Å². The summed E-state index contributed by atoms with van der Waals surface area (Å²) >= 11 is 0. The van der Waals surface area contributed by atoms with Crippen molar-refractivity contribution in [3.63, 3.8) is 0 Å². The maximum absolute atomic E-state index is 12.0. The van der Waals surface area contributed by atoms with Gasteiger partial charge < -0.3 is 19.6 Å². The van der Waals surface area contributed by atoms with Crippen molar-refractivity contribution >= 4 is 5.91 Å². The lowest BCUT2D eigenvalue weighted by molar-refractivity contribution is 0.0794. The number of carbonyl (C=O) groups excluding carboxylic acids is 1. The number of ether oxygens (including phenoxy) is 1. The summed E-state index contributed by atoms with van der Waals surface area (Å²) in [7, 11) is 0. The molecular weight excluding hydrogens is 298 g/mol. The van der Waals surface area contributed by atoms with E-state index in [1.165, 1.54) is 24.6 Å². The quantitative estimate of drug-likeness (QED) is 0.814. The van der Waals surface area contributed by atoms with E-state index in [1.807, 2.05) is 0 Å². The summed E-state index contributed by atoms with van der Waals surface area (Å²) in [5.74, 6) is -0.111. The summed E-state index contributed by atoms with van der Waals surface area (Å²) in [6.45, 7) is -0.788. The Kier molecular flexibility index (Phi) is 5.42. The minimum absolute atomic E-state index is 0.00692. The van der Waals surface area contributed by atoms with Crippen molar-refractivity contribution in [2.75, 3.05) is 13.2 Å². The van der Waals surface area contributed by atoms with Crippen LogP contribution in [0.4, 0.5) is 8.78 Å². The summed E-state index contributed by atoms with van der Waals surface area (Å²) in [5, 5.41) is 12.3. The van der Waals surface area contributed by atoms with Crippen molar-refractivity contribution in [2.45, 2.75) is 12.5 Å². The lowest BCUT2D eigenvalue weighted by atomic mass is 10.2. The molecule has 1 amide bonds. The zero-order valence-electron chi connectivity index (χ0n) is 11.4. The Labute approximate surface area is 124 Å². The van der Waals surface area contributed by atoms with Gasteiger partial charge in [0.2, 0.25) is 5.88 Å². The molecule has 0 aliphatic heterocycles. The average molecular weight is 312 g/mol. The van der Waals surface area contributed by atoms with Crippen LogP contribution >= 0.6 is 0 Å². The van der Waals surface area contributed by atoms with Crippen LogP contribution in [0, 0.1) is 0 Å². The summed E-state index contributed by atoms with van der Waals surface area (Å²) in [6, 6.07) is 5.93. The van der Waals surface area contributed by atoms with Crippen LogP contribution in [-0.4, -0.2) is 35.6 Å². The molecule has 0 spiro atoms. The molecule has 2 aromatic heterocycles. The molecule has 2 N–H and O–H groups in total. The number of amides is 1. The molecular formula is C14H14F2N2O4. The van der Waals surface area contributed by atoms with Gasteiger partial charge in [-0.15, -0.1) is 0 Å². The standard InChI is InChI=1S/C14H14F2N2O4/c15-12(16)8-22-13-4-3-9(6-17-13)14(20)18-7-10(19)11-2-1-5-21-11/h1-6,10,12,19H,7-8H2,(H,18,20). The number of halogens is 2. The summed E-state index contributed by atoms with van der Waals surface area (Å²) in [6.07, 6.45) is -0.925. The number of rotatable bonds is 7. The summed E-state index contributed by atoms with van der Waals surface area (Å²) < 4.78 is 33.7. The van der Waals surface area contributed by atoms with Gasteiger partial charge in [0.15, 0.2) is 6.61 Å². The molecule has 6 nitrogen and oxygen atoms in total. The van der Waals surface area contributed by atoms with E-state index in [9.17, 15) is 18.7 Å². The Morgan fingerprint density at radius 1 is 1.41 bits per heavy atom. The van der Waals surface area contributed by atoms with Gasteiger partial charge in [-0.05, 0) is 18.2 Å². The van der Waals surface area contributed by atoms with Crippen molar-refractivity contribution in [2.24, 2.45) is 0 Å². The molecule has 0 bridgehead atoms. The number of nitrogens with zero attached hydrogens (tertiary/aromatic N) is 1. The van der Waals surface area contributed by atoms with Gasteiger partial charge in [0, 0.05) is 12.3 Å². The zero-order valence-corrected chi connectivity index (χ0v) is 11.4. The van der Waals surface area contributed by atoms with Gasteiger partial charge in [0.25, 0.3) is 12.3 Å². The third kappa shape index (κ3) is 4.52. The van der Waals surface area contributed by atoms with Crippen LogP contribution in [0.25, 0.3) is 0 Å². The molecule has 2 rings (SSSR count). The Bertz CT molecular complexity index is 587. The normalized spacial score (nSPS) is 12.2. The van der Waals surface area contributed by atoms with Crippen molar-refractivity contribution < 1.29 is 27.8 Å². The van der Waals surface area contributed by atoms with E-state index in [0.29, 0.717) is 5.76 Å². The predicted octanol–water partition coefficient (Wildman–Crippen LogP) is 1.78. The minimum atomic E-state index is -2.59. The van der Waals surface area contributed by atoms with Crippen LogP contribution in [0.5, 0.6) is 5.88 Å². The second kappa shape index (κ2) is 7.51. The molecule has 0 saturated heterocycles. The number of furan rings is 1. The Hall–Kier alpha value is -2.48. The number of alkyl halides is 2. The first-order chi connectivity index (χ1) is 10.6. The molecule has 118 valence electrons. The van der Waals surface area contributed by atoms with Gasteiger partial charge in [-0.2, -0.15) is 0 Å². The van der Waals surface area contributed by atoms with E-state index in [4.69, 9.17) is 9.15 Å². The molecule has 0 aromatic carbocycles. The predicted molar refractivity (Wildman–Crippen MR) is 71.7 cm³/mol. The molecule has 0 saturated carbocycles. The van der Waals surface area contributed by atoms with Crippen LogP contribution in [-0.2, 0) is 0 Å². The van der Waals surface area contributed by atoms with Gasteiger partial charge in [0.1, 0.15) is 11.9 Å². The maximum Gasteiger partial charge on any atom is 0.272 e. The molecule has 1 atom stereocenters. The smallest absolute Gasteiger partial charge is 0.272 e. The highest BCUT2D eigenvalue weighted by Gasteiger charge is 2.13. The number of carbonyl (C=O) groups is 1. The van der Waals surface area contributed by atoms with Gasteiger partial charge >= 0.3 is 0 Å². The number of aliphatic hydroxyl groups excluding tert-OH is 1. The number of hydrogen-bond acceptors (Lipinski definition) is 5. The fourth-order valence-electron chi connectivity index (χ4n) is 1.62. The molecule has 22 heavy (non-hydrogen) atoms. The van der Waals surface area contributed by atoms with E-state index in [0.717, 1.165) is 0 Å². The van der Waals surface area contributed by atoms with Crippen molar-refractivity contribution in [1.82, 2.24) is 10.3 Å². The molecule has 8 heteroatoms. The molecule has 0 aliphatic carbocycles. The number of nitrogens with one attached hydrogen (secondary N) is 1. The topological polar surface area (TPSA) is 84.6 Å². The third-order valence-electron chi connectivity index (χ3n) is 2.68. The van der Waals surface area contributed by atoms with Gasteiger partial charge in [-0.3, -0.25) is 4.79 Å². The lowest BCUT2D eigenvalue weighted by Crippen LogP contribution is -2.28. The molecule has 0 radical (unpaired) electrons. The Morgan fingerprint density at radius 3 is 2.82 bits per heavy atom. The van der Waals surface area contributed by atoms with Crippen LogP contribution in [0.15, 0.2) is 41.1 Å². The van der Waals surface area contributed by atoms with E-state index in [-0.39, 0.29) is 18.0 Å². The lowest BCUT2D eigenvalue weighted by Gasteiger charge is -2.10. The van der Waals surface area contributed by atoms with Crippen molar-refractivity contribution in [3.05, 3.63) is 48.0 Å². The van der Waals surface area contributed by atoms with E-state index >= 15 is 0 Å². The Balaban J connectivity index is 1.84. The fourth-order valence-corrected chi connectivity index (χ4v) is 1.62. The molecule has 0 fully saturated rings. The van der Waals surface area contributed by atoms with Gasteiger partial charge in [0.05, 0.1) is 18.4 Å². The van der Waals surface area contributed by atoms with Gasteiger partial charge in [-0.25, -0.2) is 13.8 Å². The summed E-state index contributed by atoms with van der Waals surface area (Å²) in [5.41, 5.74) is 0.219. The molecule has 2 heterocycles. The number of aliphatic hydroxyl groups is 1. The van der Waals surface area contributed by atoms with Crippen LogP contribution in [0.1, 0.15) is 22.2 Å².